The highest BCUT2D eigenvalue weighted by atomic mass is 79.9. The first-order valence-electron chi connectivity index (χ1n) is 6.25. The van der Waals surface area contributed by atoms with E-state index in [4.69, 9.17) is 0 Å². The fourth-order valence-corrected chi connectivity index (χ4v) is 2.83. The van der Waals surface area contributed by atoms with Crippen molar-refractivity contribution in [3.63, 3.8) is 0 Å². The predicted octanol–water partition coefficient (Wildman–Crippen LogP) is 0.841. The summed E-state index contributed by atoms with van der Waals surface area (Å²) in [6.45, 7) is 4.11. The van der Waals surface area contributed by atoms with Crippen molar-refractivity contribution in [2.24, 2.45) is 0 Å². The van der Waals surface area contributed by atoms with Gasteiger partial charge in [0.25, 0.3) is 5.78 Å². The molecule has 0 atom stereocenters. The van der Waals surface area contributed by atoms with Gasteiger partial charge in [0, 0.05) is 30.7 Å². The van der Waals surface area contributed by atoms with E-state index in [1.54, 1.807) is 11.0 Å². The van der Waals surface area contributed by atoms with E-state index in [1.807, 2.05) is 12.1 Å². The van der Waals surface area contributed by atoms with Crippen molar-refractivity contribution in [3.05, 3.63) is 28.2 Å². The van der Waals surface area contributed by atoms with Gasteiger partial charge in [-0.25, -0.2) is 0 Å². The van der Waals surface area contributed by atoms with Crippen molar-refractivity contribution in [1.82, 2.24) is 10.2 Å². The number of halogens is 1. The van der Waals surface area contributed by atoms with Crippen LogP contribution in [0.5, 0.6) is 0 Å². The minimum absolute atomic E-state index is 0.411. The van der Waals surface area contributed by atoms with Gasteiger partial charge in [0.15, 0.2) is 0 Å². The number of carbonyl (C=O) groups excluding carboxylic acids is 2. The number of nitrogens with zero attached hydrogens (tertiary/aromatic N) is 2. The van der Waals surface area contributed by atoms with Crippen LogP contribution in [0, 0.1) is 0 Å². The van der Waals surface area contributed by atoms with E-state index < -0.39 is 11.7 Å². The minimum Gasteiger partial charge on any atom is -0.314 e. The van der Waals surface area contributed by atoms with Crippen molar-refractivity contribution >= 4 is 33.3 Å². The third-order valence-corrected chi connectivity index (χ3v) is 3.98. The molecule has 1 amide bonds. The highest BCUT2D eigenvalue weighted by molar-refractivity contribution is 9.10. The Morgan fingerprint density at radius 3 is 2.68 bits per heavy atom. The number of benzene rings is 1. The van der Waals surface area contributed by atoms with Gasteiger partial charge in [-0.2, -0.15) is 0 Å². The number of rotatable bonds is 2. The van der Waals surface area contributed by atoms with Crippen molar-refractivity contribution in [2.45, 2.75) is 0 Å². The summed E-state index contributed by atoms with van der Waals surface area (Å²) in [6, 6.07) is 5.40. The summed E-state index contributed by atoms with van der Waals surface area (Å²) in [7, 11) is 0. The molecule has 0 aliphatic carbocycles. The van der Waals surface area contributed by atoms with E-state index in [1.165, 1.54) is 0 Å². The normalized spacial score (nSPS) is 19.9. The molecule has 100 valence electrons. The second kappa shape index (κ2) is 5.03. The maximum absolute atomic E-state index is 12.1. The summed E-state index contributed by atoms with van der Waals surface area (Å²) in [6.07, 6.45) is 0. The van der Waals surface area contributed by atoms with E-state index in [9.17, 15) is 9.59 Å². The van der Waals surface area contributed by atoms with Crippen LogP contribution in [0.3, 0.4) is 0 Å². The van der Waals surface area contributed by atoms with Gasteiger partial charge in [-0.15, -0.1) is 0 Å². The summed E-state index contributed by atoms with van der Waals surface area (Å²) < 4.78 is 0.816. The zero-order chi connectivity index (χ0) is 13.4. The second-order valence-corrected chi connectivity index (χ2v) is 5.65. The van der Waals surface area contributed by atoms with Crippen molar-refractivity contribution in [3.8, 4) is 0 Å². The molecule has 1 saturated heterocycles. The summed E-state index contributed by atoms with van der Waals surface area (Å²) in [4.78, 5) is 27.8. The minimum atomic E-state index is -0.424. The van der Waals surface area contributed by atoms with Gasteiger partial charge in [-0.1, -0.05) is 15.9 Å². The zero-order valence-corrected chi connectivity index (χ0v) is 11.9. The molecular formula is C13H14BrN3O2. The number of amides is 1. The molecule has 0 unspecified atom stereocenters. The third kappa shape index (κ3) is 2.31. The lowest BCUT2D eigenvalue weighted by molar-refractivity contribution is -0.114. The Balaban J connectivity index is 1.86. The van der Waals surface area contributed by atoms with Crippen LogP contribution < -0.4 is 10.2 Å². The molecule has 1 fully saturated rings. The largest absolute Gasteiger partial charge is 0.314 e. The monoisotopic (exact) mass is 323 g/mol. The molecule has 2 aliphatic heterocycles. The second-order valence-electron chi connectivity index (χ2n) is 4.73. The third-order valence-electron chi connectivity index (χ3n) is 3.48. The molecule has 0 aromatic heterocycles. The molecule has 19 heavy (non-hydrogen) atoms. The van der Waals surface area contributed by atoms with E-state index in [0.29, 0.717) is 12.2 Å². The van der Waals surface area contributed by atoms with E-state index in [0.717, 1.165) is 36.3 Å². The van der Waals surface area contributed by atoms with Crippen LogP contribution in [0.1, 0.15) is 10.4 Å². The average Bonchev–Trinajstić information content (AvgIpc) is 2.65. The highest BCUT2D eigenvalue weighted by Crippen LogP contribution is 2.31. The van der Waals surface area contributed by atoms with Gasteiger partial charge in [0.05, 0.1) is 17.9 Å². The Bertz CT molecular complexity index is 541. The lowest BCUT2D eigenvalue weighted by Crippen LogP contribution is -2.49. The molecule has 0 saturated carbocycles. The smallest absolute Gasteiger partial charge is 0.300 e. The molecule has 5 nitrogen and oxygen atoms in total. The summed E-state index contributed by atoms with van der Waals surface area (Å²) in [5.41, 5.74) is 1.21. The van der Waals surface area contributed by atoms with Crippen LogP contribution in [0.15, 0.2) is 22.7 Å². The van der Waals surface area contributed by atoms with Crippen LogP contribution in [-0.4, -0.2) is 49.4 Å². The maximum atomic E-state index is 12.1. The van der Waals surface area contributed by atoms with Gasteiger partial charge < -0.3 is 5.32 Å². The Morgan fingerprint density at radius 1 is 1.21 bits per heavy atom. The van der Waals surface area contributed by atoms with Gasteiger partial charge in [-0.3, -0.25) is 19.4 Å². The molecule has 0 radical (unpaired) electrons. The van der Waals surface area contributed by atoms with E-state index in [-0.39, 0.29) is 0 Å². The van der Waals surface area contributed by atoms with Crippen molar-refractivity contribution in [2.75, 3.05) is 37.7 Å². The molecular weight excluding hydrogens is 310 g/mol. The molecule has 0 spiro atoms. The Kier molecular flexibility index (Phi) is 3.38. The summed E-state index contributed by atoms with van der Waals surface area (Å²) in [5, 5.41) is 3.27. The highest BCUT2D eigenvalue weighted by Gasteiger charge is 2.36. The molecule has 1 aromatic rings. The Labute approximate surface area is 119 Å². The molecule has 1 N–H and O–H groups in total. The van der Waals surface area contributed by atoms with Crippen LogP contribution in [0.4, 0.5) is 5.69 Å². The van der Waals surface area contributed by atoms with Gasteiger partial charge in [0.2, 0.25) is 0 Å². The number of ketones is 1. The van der Waals surface area contributed by atoms with Crippen molar-refractivity contribution < 1.29 is 9.59 Å². The first-order valence-corrected chi connectivity index (χ1v) is 7.05. The van der Waals surface area contributed by atoms with Crippen molar-refractivity contribution in [1.29, 1.82) is 0 Å². The fraction of sp³-hybridized carbons (Fsp3) is 0.385. The number of anilines is 1. The Morgan fingerprint density at radius 2 is 1.95 bits per heavy atom. The average molecular weight is 324 g/mol. The van der Waals surface area contributed by atoms with Gasteiger partial charge >= 0.3 is 5.91 Å². The van der Waals surface area contributed by atoms with Crippen LogP contribution in [-0.2, 0) is 4.79 Å². The maximum Gasteiger partial charge on any atom is 0.300 e. The predicted molar refractivity (Wildman–Crippen MR) is 75.3 cm³/mol. The number of hydrogen-bond donors (Lipinski definition) is 1. The number of fused-ring (bicyclic) bond motifs is 1. The lowest BCUT2D eigenvalue weighted by Gasteiger charge is -2.31. The lowest BCUT2D eigenvalue weighted by atomic mass is 10.1. The molecule has 6 heteroatoms. The topological polar surface area (TPSA) is 52.7 Å². The van der Waals surface area contributed by atoms with Gasteiger partial charge in [-0.05, 0) is 18.2 Å². The van der Waals surface area contributed by atoms with E-state index in [2.05, 4.69) is 26.1 Å². The number of Topliss-reactive ketones (excluding diaryl/α,β-unsaturated/α-hetero) is 1. The SMILES string of the molecule is O=C1C(=O)N(CN2CCNCC2)c2ccc(Br)cc21. The molecule has 1 aromatic carbocycles. The number of nitrogens with one attached hydrogen (secondary N) is 1. The molecule has 2 heterocycles. The van der Waals surface area contributed by atoms with Crippen LogP contribution in [0.2, 0.25) is 0 Å². The summed E-state index contributed by atoms with van der Waals surface area (Å²) in [5.74, 6) is -0.835. The standard InChI is InChI=1S/C13H14BrN3O2/c14-9-1-2-11-10(7-9)12(18)13(19)17(11)8-16-5-3-15-4-6-16/h1-2,7,15H,3-6,8H2. The quantitative estimate of drug-likeness (QED) is 0.819. The number of piperazine rings is 1. The Hall–Kier alpha value is -1.24. The van der Waals surface area contributed by atoms with E-state index >= 15 is 0 Å². The summed E-state index contributed by atoms with van der Waals surface area (Å²) >= 11 is 3.33. The fourth-order valence-electron chi connectivity index (χ4n) is 2.47. The molecule has 3 rings (SSSR count). The first-order chi connectivity index (χ1) is 9.16. The number of hydrogen-bond acceptors (Lipinski definition) is 4. The van der Waals surface area contributed by atoms with Gasteiger partial charge in [0.1, 0.15) is 0 Å². The van der Waals surface area contributed by atoms with Crippen LogP contribution in [0.25, 0.3) is 0 Å². The zero-order valence-electron chi connectivity index (χ0n) is 10.4. The first kappa shape index (κ1) is 12.8. The number of carbonyl (C=O) groups is 2. The molecule has 2 aliphatic rings. The molecule has 0 bridgehead atoms. The van der Waals surface area contributed by atoms with Crippen LogP contribution >= 0.6 is 15.9 Å².